The number of anilines is 1. The Balaban J connectivity index is 1.65. The van der Waals surface area contributed by atoms with Gasteiger partial charge in [-0.25, -0.2) is 14.2 Å². The van der Waals surface area contributed by atoms with E-state index < -0.39 is 46.8 Å². The highest BCUT2D eigenvalue weighted by Crippen LogP contribution is 2.38. The molecule has 8 nitrogen and oxygen atoms in total. The number of hydrogen-bond donors (Lipinski definition) is 1. The molecule has 3 heterocycles. The van der Waals surface area contributed by atoms with Crippen LogP contribution in [0.15, 0.2) is 17.1 Å². The van der Waals surface area contributed by atoms with Gasteiger partial charge in [-0.3, -0.25) is 9.59 Å². The molecular formula is C20H20F4N4O4. The first kappa shape index (κ1) is 22.0. The van der Waals surface area contributed by atoms with Crippen molar-refractivity contribution in [3.8, 4) is 0 Å². The molecule has 2 aromatic heterocycles. The molecule has 2 aliphatic rings. The molecular weight excluding hydrogens is 436 g/mol. The van der Waals surface area contributed by atoms with Gasteiger partial charge in [0, 0.05) is 32.4 Å². The second kappa shape index (κ2) is 7.17. The quantitative estimate of drug-likeness (QED) is 0.695. The van der Waals surface area contributed by atoms with Gasteiger partial charge in [0.1, 0.15) is 17.6 Å². The van der Waals surface area contributed by atoms with Crippen molar-refractivity contribution in [2.75, 3.05) is 25.0 Å². The van der Waals surface area contributed by atoms with Crippen molar-refractivity contribution in [2.24, 2.45) is 0 Å². The average Bonchev–Trinajstić information content (AvgIpc) is 3.48. The highest BCUT2D eigenvalue weighted by atomic mass is 19.4. The fourth-order valence-electron chi connectivity index (χ4n) is 3.97. The number of carboxylic acids is 1. The predicted octanol–water partition coefficient (Wildman–Crippen LogP) is 2.56. The Morgan fingerprint density at radius 1 is 1.31 bits per heavy atom. The maximum Gasteiger partial charge on any atom is 0.397 e. The van der Waals surface area contributed by atoms with Gasteiger partial charge < -0.3 is 19.5 Å². The lowest BCUT2D eigenvalue weighted by atomic mass is 9.90. The molecule has 2 fully saturated rings. The van der Waals surface area contributed by atoms with E-state index in [1.165, 1.54) is 18.1 Å². The molecule has 4 rings (SSSR count). The Morgan fingerprint density at radius 3 is 2.47 bits per heavy atom. The number of carbonyl (C=O) groups is 2. The number of pyridine rings is 2. The fourth-order valence-corrected chi connectivity index (χ4v) is 3.97. The summed E-state index contributed by atoms with van der Waals surface area (Å²) in [5, 5.41) is 9.14. The van der Waals surface area contributed by atoms with Gasteiger partial charge in [0.2, 0.25) is 11.3 Å². The molecule has 0 unspecified atom stereocenters. The SMILES string of the molecule is CN(C(=O)CC(F)(F)F)C1(C)CN(c2nc3c(cc2F)c(=O)c(C(=O)O)cn3C2CC2)C1. The Kier molecular flexibility index (Phi) is 4.94. The zero-order valence-corrected chi connectivity index (χ0v) is 17.2. The van der Waals surface area contributed by atoms with Crippen LogP contribution in [-0.4, -0.2) is 63.3 Å². The Morgan fingerprint density at radius 2 is 1.94 bits per heavy atom. The molecule has 0 radical (unpaired) electrons. The fraction of sp³-hybridized carbons (Fsp3) is 0.500. The molecule has 0 bridgehead atoms. The van der Waals surface area contributed by atoms with E-state index in [0.29, 0.717) is 0 Å². The summed E-state index contributed by atoms with van der Waals surface area (Å²) >= 11 is 0. The number of alkyl halides is 3. The lowest BCUT2D eigenvalue weighted by Gasteiger charge is -2.53. The number of hydrogen-bond acceptors (Lipinski definition) is 5. The van der Waals surface area contributed by atoms with Crippen LogP contribution < -0.4 is 10.3 Å². The largest absolute Gasteiger partial charge is 0.477 e. The lowest BCUT2D eigenvalue weighted by molar-refractivity contribution is -0.164. The number of halogens is 4. The van der Waals surface area contributed by atoms with Crippen molar-refractivity contribution in [2.45, 2.75) is 43.9 Å². The van der Waals surface area contributed by atoms with Crippen LogP contribution in [0.5, 0.6) is 0 Å². The van der Waals surface area contributed by atoms with Gasteiger partial charge in [-0.2, -0.15) is 13.2 Å². The molecule has 0 aromatic carbocycles. The van der Waals surface area contributed by atoms with Crippen LogP contribution in [0.3, 0.4) is 0 Å². The molecule has 1 saturated heterocycles. The topological polar surface area (TPSA) is 95.7 Å². The van der Waals surface area contributed by atoms with Crippen LogP contribution in [0, 0.1) is 5.82 Å². The van der Waals surface area contributed by atoms with E-state index in [4.69, 9.17) is 0 Å². The van der Waals surface area contributed by atoms with E-state index >= 15 is 0 Å². The van der Waals surface area contributed by atoms with E-state index in [9.17, 15) is 37.1 Å². The van der Waals surface area contributed by atoms with E-state index in [0.717, 1.165) is 23.8 Å². The second-order valence-electron chi connectivity index (χ2n) is 8.58. The highest BCUT2D eigenvalue weighted by Gasteiger charge is 2.47. The Bertz CT molecular complexity index is 1180. The normalized spacial score (nSPS) is 17.9. The summed E-state index contributed by atoms with van der Waals surface area (Å²) in [6.07, 6.45) is -3.47. The summed E-state index contributed by atoms with van der Waals surface area (Å²) in [5.74, 6) is -3.47. The van der Waals surface area contributed by atoms with Gasteiger partial charge in [0.25, 0.3) is 0 Å². The van der Waals surface area contributed by atoms with Crippen molar-refractivity contribution in [3.05, 3.63) is 33.9 Å². The van der Waals surface area contributed by atoms with Gasteiger partial charge in [0.15, 0.2) is 11.6 Å². The molecule has 0 spiro atoms. The van der Waals surface area contributed by atoms with Crippen LogP contribution in [-0.2, 0) is 4.79 Å². The number of rotatable bonds is 5. The minimum absolute atomic E-state index is 0.0450. The van der Waals surface area contributed by atoms with Gasteiger partial charge in [0.05, 0.1) is 10.9 Å². The maximum absolute atomic E-state index is 14.9. The second-order valence-corrected chi connectivity index (χ2v) is 8.58. The molecule has 1 aliphatic heterocycles. The number of fused-ring (bicyclic) bond motifs is 1. The van der Waals surface area contributed by atoms with E-state index in [1.54, 1.807) is 11.5 Å². The molecule has 2 aromatic rings. The molecule has 32 heavy (non-hydrogen) atoms. The van der Waals surface area contributed by atoms with E-state index in [-0.39, 0.29) is 36.0 Å². The summed E-state index contributed by atoms with van der Waals surface area (Å²) in [6.45, 7) is 1.68. The zero-order chi connectivity index (χ0) is 23.6. The number of nitrogens with zero attached hydrogens (tertiary/aromatic N) is 4. The first-order valence-electron chi connectivity index (χ1n) is 9.88. The van der Waals surface area contributed by atoms with Gasteiger partial charge in [-0.05, 0) is 25.8 Å². The van der Waals surface area contributed by atoms with Crippen LogP contribution in [0.1, 0.15) is 42.6 Å². The summed E-state index contributed by atoms with van der Waals surface area (Å²) < 4.78 is 54.1. The van der Waals surface area contributed by atoms with Crippen molar-refractivity contribution < 1.29 is 32.3 Å². The van der Waals surface area contributed by atoms with Crippen molar-refractivity contribution in [1.29, 1.82) is 0 Å². The van der Waals surface area contributed by atoms with Gasteiger partial charge in [-0.1, -0.05) is 0 Å². The summed E-state index contributed by atoms with van der Waals surface area (Å²) in [7, 11) is 1.27. The average molecular weight is 456 g/mol. The predicted molar refractivity (Wildman–Crippen MR) is 105 cm³/mol. The Labute approximate surface area is 179 Å². The monoisotopic (exact) mass is 456 g/mol. The standard InChI is InChI=1S/C20H20F4N4O4/c1-19(26(2)14(29)6-20(22,23)24)8-27(9-19)17-13(21)5-11-15(30)12(18(31)32)7-28(10-3-4-10)16(11)25-17/h5,7,10H,3-4,6,8-9H2,1-2H3,(H,31,32). The molecule has 1 aliphatic carbocycles. The van der Waals surface area contributed by atoms with Crippen LogP contribution in [0.2, 0.25) is 0 Å². The maximum atomic E-state index is 14.9. The third-order valence-electron chi connectivity index (χ3n) is 6.01. The number of likely N-dealkylation sites (N-methyl/N-ethyl adjacent to an activating group) is 1. The number of aromatic nitrogens is 2. The third-order valence-corrected chi connectivity index (χ3v) is 6.01. The minimum Gasteiger partial charge on any atom is -0.477 e. The molecule has 1 saturated carbocycles. The van der Waals surface area contributed by atoms with Crippen LogP contribution in [0.4, 0.5) is 23.4 Å². The number of carbonyl (C=O) groups excluding carboxylic acids is 1. The zero-order valence-electron chi connectivity index (χ0n) is 17.2. The number of carboxylic acid groups (broad SMARTS) is 1. The van der Waals surface area contributed by atoms with Crippen molar-refractivity contribution >= 4 is 28.7 Å². The van der Waals surface area contributed by atoms with E-state index in [2.05, 4.69) is 4.98 Å². The number of aromatic carboxylic acids is 1. The van der Waals surface area contributed by atoms with Crippen LogP contribution in [0.25, 0.3) is 11.0 Å². The summed E-state index contributed by atoms with van der Waals surface area (Å²) in [6, 6.07) is 0.897. The van der Waals surface area contributed by atoms with Crippen molar-refractivity contribution in [3.63, 3.8) is 0 Å². The number of amides is 1. The molecule has 1 N–H and O–H groups in total. The Hall–Kier alpha value is -3.18. The molecule has 172 valence electrons. The smallest absolute Gasteiger partial charge is 0.397 e. The summed E-state index contributed by atoms with van der Waals surface area (Å²) in [5.41, 5.74) is -2.11. The van der Waals surface area contributed by atoms with Crippen molar-refractivity contribution in [1.82, 2.24) is 14.5 Å². The minimum atomic E-state index is -4.63. The third kappa shape index (κ3) is 3.78. The van der Waals surface area contributed by atoms with Gasteiger partial charge >= 0.3 is 12.1 Å². The van der Waals surface area contributed by atoms with Gasteiger partial charge in [-0.15, -0.1) is 0 Å². The first-order chi connectivity index (χ1) is 14.8. The van der Waals surface area contributed by atoms with Crippen LogP contribution >= 0.6 is 0 Å². The molecule has 0 atom stereocenters. The first-order valence-corrected chi connectivity index (χ1v) is 9.88. The molecule has 12 heteroatoms. The summed E-state index contributed by atoms with van der Waals surface area (Å²) in [4.78, 5) is 42.6. The molecule has 1 amide bonds. The highest BCUT2D eigenvalue weighted by molar-refractivity contribution is 5.92. The van der Waals surface area contributed by atoms with E-state index in [1.807, 2.05) is 0 Å². The lowest BCUT2D eigenvalue weighted by Crippen LogP contribution is -2.69.